The van der Waals surface area contributed by atoms with Gasteiger partial charge in [-0.2, -0.15) is 5.10 Å². The smallest absolute Gasteiger partial charge is 0.399 e. The van der Waals surface area contributed by atoms with Crippen LogP contribution in [0.3, 0.4) is 0 Å². The highest BCUT2D eigenvalue weighted by Gasteiger charge is 2.52. The highest BCUT2D eigenvalue weighted by atomic mass is 19.1. The van der Waals surface area contributed by atoms with Gasteiger partial charge in [0.1, 0.15) is 5.82 Å². The normalized spacial score (nSPS) is 20.8. The zero-order chi connectivity index (χ0) is 14.7. The number of hydrogen-bond acceptors (Lipinski definition) is 3. The van der Waals surface area contributed by atoms with Crippen LogP contribution in [0, 0.1) is 5.82 Å². The van der Waals surface area contributed by atoms with Gasteiger partial charge in [0.2, 0.25) is 0 Å². The van der Waals surface area contributed by atoms with E-state index in [-0.39, 0.29) is 5.82 Å². The minimum Gasteiger partial charge on any atom is -0.399 e. The van der Waals surface area contributed by atoms with Crippen LogP contribution in [0.5, 0.6) is 0 Å². The molecular weight excluding hydrogens is 258 g/mol. The molecule has 0 amide bonds. The minimum atomic E-state index is -0.581. The van der Waals surface area contributed by atoms with Crippen molar-refractivity contribution in [2.75, 3.05) is 0 Å². The summed E-state index contributed by atoms with van der Waals surface area (Å²) in [5, 5.41) is 5.10. The monoisotopic (exact) mass is 276 g/mol. The molecule has 2 heterocycles. The van der Waals surface area contributed by atoms with Gasteiger partial charge in [0.25, 0.3) is 0 Å². The van der Waals surface area contributed by atoms with Crippen LogP contribution in [0.1, 0.15) is 27.7 Å². The summed E-state index contributed by atoms with van der Waals surface area (Å²) in [6, 6.07) is 2.89. The number of hydrogen-bond donors (Lipinski definition) is 0. The minimum absolute atomic E-state index is 0.332. The van der Waals surface area contributed by atoms with Crippen LogP contribution >= 0.6 is 0 Å². The second kappa shape index (κ2) is 4.05. The molecule has 1 fully saturated rings. The van der Waals surface area contributed by atoms with E-state index in [1.807, 2.05) is 40.9 Å². The van der Waals surface area contributed by atoms with Crippen molar-refractivity contribution in [2.45, 2.75) is 38.9 Å². The Hall–Kier alpha value is -1.40. The maximum Gasteiger partial charge on any atom is 0.495 e. The van der Waals surface area contributed by atoms with E-state index >= 15 is 0 Å². The Kier molecular flexibility index (Phi) is 2.75. The number of aryl methyl sites for hydroxylation is 1. The molecule has 20 heavy (non-hydrogen) atoms. The van der Waals surface area contributed by atoms with Crippen LogP contribution in [-0.4, -0.2) is 28.1 Å². The predicted molar refractivity (Wildman–Crippen MR) is 76.4 cm³/mol. The highest BCUT2D eigenvalue weighted by Crippen LogP contribution is 2.37. The molecule has 0 saturated carbocycles. The van der Waals surface area contributed by atoms with Gasteiger partial charge in [-0.3, -0.25) is 4.68 Å². The molecular formula is C14H18BFN2O2. The summed E-state index contributed by atoms with van der Waals surface area (Å²) in [7, 11) is 1.23. The van der Waals surface area contributed by atoms with Crippen LogP contribution in [0.4, 0.5) is 4.39 Å². The van der Waals surface area contributed by atoms with E-state index in [0.29, 0.717) is 11.0 Å². The number of halogens is 1. The van der Waals surface area contributed by atoms with Crippen molar-refractivity contribution < 1.29 is 13.7 Å². The van der Waals surface area contributed by atoms with E-state index in [2.05, 4.69) is 5.10 Å². The summed E-state index contributed by atoms with van der Waals surface area (Å²) in [6.07, 6.45) is 1.86. The largest absolute Gasteiger partial charge is 0.495 e. The van der Waals surface area contributed by atoms with Gasteiger partial charge in [0.05, 0.1) is 16.7 Å². The van der Waals surface area contributed by atoms with Crippen molar-refractivity contribution in [2.24, 2.45) is 7.05 Å². The lowest BCUT2D eigenvalue weighted by Gasteiger charge is -2.32. The molecule has 0 spiro atoms. The Morgan fingerprint density at radius 2 is 1.75 bits per heavy atom. The van der Waals surface area contributed by atoms with Gasteiger partial charge in [-0.1, -0.05) is 0 Å². The van der Waals surface area contributed by atoms with Crippen molar-refractivity contribution in [1.29, 1.82) is 0 Å². The van der Waals surface area contributed by atoms with Gasteiger partial charge in [0, 0.05) is 24.7 Å². The molecule has 1 aromatic heterocycles. The van der Waals surface area contributed by atoms with Crippen LogP contribution in [-0.2, 0) is 16.4 Å². The van der Waals surface area contributed by atoms with Crippen LogP contribution in [0.25, 0.3) is 10.9 Å². The van der Waals surface area contributed by atoms with Gasteiger partial charge in [-0.25, -0.2) is 4.39 Å². The van der Waals surface area contributed by atoms with E-state index in [0.717, 1.165) is 5.39 Å². The molecule has 4 nitrogen and oxygen atoms in total. The van der Waals surface area contributed by atoms with E-state index in [9.17, 15) is 4.39 Å². The lowest BCUT2D eigenvalue weighted by atomic mass is 9.77. The third kappa shape index (κ3) is 1.94. The van der Waals surface area contributed by atoms with Crippen molar-refractivity contribution in [3.63, 3.8) is 0 Å². The molecule has 1 saturated heterocycles. The average molecular weight is 276 g/mol. The summed E-state index contributed by atoms with van der Waals surface area (Å²) < 4.78 is 27.4. The number of rotatable bonds is 1. The molecule has 0 N–H and O–H groups in total. The van der Waals surface area contributed by atoms with Gasteiger partial charge in [-0.15, -0.1) is 0 Å². The first-order chi connectivity index (χ1) is 9.19. The summed E-state index contributed by atoms with van der Waals surface area (Å²) in [4.78, 5) is 0. The molecule has 0 bridgehead atoms. The number of benzene rings is 1. The van der Waals surface area contributed by atoms with E-state index in [4.69, 9.17) is 9.31 Å². The first-order valence-corrected chi connectivity index (χ1v) is 6.68. The van der Waals surface area contributed by atoms with E-state index < -0.39 is 18.3 Å². The molecule has 0 atom stereocenters. The Morgan fingerprint density at radius 3 is 2.35 bits per heavy atom. The third-order valence-corrected chi connectivity index (χ3v) is 4.24. The molecule has 6 heteroatoms. The van der Waals surface area contributed by atoms with Gasteiger partial charge in [-0.05, 0) is 39.2 Å². The van der Waals surface area contributed by atoms with Crippen molar-refractivity contribution in [1.82, 2.24) is 9.78 Å². The van der Waals surface area contributed by atoms with Crippen molar-refractivity contribution in [3.05, 3.63) is 24.1 Å². The maximum atomic E-state index is 13.8. The van der Waals surface area contributed by atoms with E-state index in [1.54, 1.807) is 4.68 Å². The summed E-state index contributed by atoms with van der Waals surface area (Å²) in [5.74, 6) is -0.332. The Balaban J connectivity index is 2.12. The molecule has 106 valence electrons. The summed E-state index contributed by atoms with van der Waals surface area (Å²) in [6.45, 7) is 7.92. The molecule has 3 rings (SSSR count). The lowest BCUT2D eigenvalue weighted by molar-refractivity contribution is 0.00578. The standard InChI is InChI=1S/C14H18BFN2O2/c1-13(2)14(3,4)20-15(19-13)11-6-9(16)7-12-10(11)8-18(5)17-12/h6-8H,1-5H3. The molecule has 0 aliphatic carbocycles. The number of aromatic nitrogens is 2. The van der Waals surface area contributed by atoms with Crippen molar-refractivity contribution >= 4 is 23.5 Å². The highest BCUT2D eigenvalue weighted by molar-refractivity contribution is 6.65. The Labute approximate surface area is 118 Å². The second-order valence-corrected chi connectivity index (χ2v) is 6.32. The maximum absolute atomic E-state index is 13.8. The first-order valence-electron chi connectivity index (χ1n) is 6.68. The number of nitrogens with zero attached hydrogens (tertiary/aromatic N) is 2. The van der Waals surface area contributed by atoms with Gasteiger partial charge >= 0.3 is 7.12 Å². The molecule has 2 aromatic rings. The van der Waals surface area contributed by atoms with E-state index in [1.165, 1.54) is 12.1 Å². The SMILES string of the molecule is Cn1cc2c(B3OC(C)(C)C(C)(C)O3)cc(F)cc2n1. The Bertz CT molecular complexity index is 665. The molecule has 1 aromatic carbocycles. The zero-order valence-electron chi connectivity index (χ0n) is 12.4. The van der Waals surface area contributed by atoms with Crippen LogP contribution in [0.15, 0.2) is 18.3 Å². The lowest BCUT2D eigenvalue weighted by Crippen LogP contribution is -2.41. The summed E-state index contributed by atoms with van der Waals surface area (Å²) >= 11 is 0. The fourth-order valence-electron chi connectivity index (χ4n) is 2.40. The van der Waals surface area contributed by atoms with Crippen molar-refractivity contribution in [3.8, 4) is 0 Å². The second-order valence-electron chi connectivity index (χ2n) is 6.32. The fourth-order valence-corrected chi connectivity index (χ4v) is 2.40. The molecule has 1 aliphatic heterocycles. The first kappa shape index (κ1) is 13.6. The molecule has 0 unspecified atom stereocenters. The van der Waals surface area contributed by atoms with Gasteiger partial charge < -0.3 is 9.31 Å². The third-order valence-electron chi connectivity index (χ3n) is 4.24. The molecule has 1 aliphatic rings. The van der Waals surface area contributed by atoms with Crippen LogP contribution < -0.4 is 5.46 Å². The quantitative estimate of drug-likeness (QED) is 0.747. The summed E-state index contributed by atoms with van der Waals surface area (Å²) in [5.41, 5.74) is 0.404. The number of fused-ring (bicyclic) bond motifs is 1. The van der Waals surface area contributed by atoms with Crippen LogP contribution in [0.2, 0.25) is 0 Å². The molecule has 0 radical (unpaired) electrons. The topological polar surface area (TPSA) is 36.3 Å². The Morgan fingerprint density at radius 1 is 1.15 bits per heavy atom. The predicted octanol–water partition coefficient (Wildman–Crippen LogP) is 2.01. The fraction of sp³-hybridized carbons (Fsp3) is 0.500. The zero-order valence-corrected chi connectivity index (χ0v) is 12.4. The average Bonchev–Trinajstić information content (AvgIpc) is 2.75. The van der Waals surface area contributed by atoms with Gasteiger partial charge in [0.15, 0.2) is 0 Å².